The summed E-state index contributed by atoms with van der Waals surface area (Å²) in [6.07, 6.45) is 2.52. The molecule has 0 spiro atoms. The number of methoxy groups -OCH3 is 1. The molecule has 0 radical (unpaired) electrons. The van der Waals surface area contributed by atoms with E-state index in [9.17, 15) is 13.2 Å². The van der Waals surface area contributed by atoms with Crippen LogP contribution in [0.3, 0.4) is 0 Å². The van der Waals surface area contributed by atoms with Gasteiger partial charge in [0.15, 0.2) is 0 Å². The van der Waals surface area contributed by atoms with Gasteiger partial charge < -0.3 is 14.8 Å². The molecule has 9 heteroatoms. The van der Waals surface area contributed by atoms with Gasteiger partial charge in [-0.05, 0) is 49.9 Å². The summed E-state index contributed by atoms with van der Waals surface area (Å²) in [7, 11) is -2.15. The molecule has 1 aromatic carbocycles. The van der Waals surface area contributed by atoms with Gasteiger partial charge in [-0.3, -0.25) is 9.69 Å². The lowest BCUT2D eigenvalue weighted by Gasteiger charge is -2.29. The van der Waals surface area contributed by atoms with E-state index in [-0.39, 0.29) is 16.4 Å². The molecule has 1 N–H and O–H groups in total. The smallest absolute Gasteiger partial charge is 0.255 e. The van der Waals surface area contributed by atoms with Gasteiger partial charge in [0.05, 0.1) is 30.8 Å². The number of ether oxygens (including phenoxy) is 2. The minimum absolute atomic E-state index is 0.135. The lowest BCUT2D eigenvalue weighted by Crippen LogP contribution is -2.38. The fraction of sp³-hybridized carbons (Fsp3) is 0.667. The number of nitrogens with zero attached hydrogens (tertiary/aromatic N) is 2. The predicted octanol–water partition coefficient (Wildman–Crippen LogP) is 1.57. The second kappa shape index (κ2) is 10.6. The minimum Gasteiger partial charge on any atom is -0.496 e. The standard InChI is InChI=1S/C21H33N3O5S/c1-17-6-10-24(11-7-17)30(26,27)18-4-5-20(28-2)19(16-18)21(25)22-8-3-9-23-12-14-29-15-13-23/h4-5,16-17H,3,6-15H2,1-2H3,(H,22,25). The molecule has 2 saturated heterocycles. The number of rotatable bonds is 8. The van der Waals surface area contributed by atoms with Crippen molar-refractivity contribution in [2.24, 2.45) is 5.92 Å². The third-order valence-electron chi connectivity index (χ3n) is 5.84. The van der Waals surface area contributed by atoms with Crippen LogP contribution in [0.15, 0.2) is 23.1 Å². The molecule has 0 saturated carbocycles. The lowest BCUT2D eigenvalue weighted by atomic mass is 10.0. The average molecular weight is 440 g/mol. The van der Waals surface area contributed by atoms with Crippen molar-refractivity contribution in [2.75, 3.05) is 59.6 Å². The highest BCUT2D eigenvalue weighted by Gasteiger charge is 2.29. The Balaban J connectivity index is 1.64. The molecule has 3 rings (SSSR count). The molecule has 0 atom stereocenters. The van der Waals surface area contributed by atoms with Crippen LogP contribution in [0.4, 0.5) is 0 Å². The number of benzene rings is 1. The number of hydrogen-bond acceptors (Lipinski definition) is 6. The summed E-state index contributed by atoms with van der Waals surface area (Å²) in [6.45, 7) is 7.90. The van der Waals surface area contributed by atoms with E-state index in [1.54, 1.807) is 6.07 Å². The molecule has 8 nitrogen and oxygen atoms in total. The van der Waals surface area contributed by atoms with E-state index < -0.39 is 10.0 Å². The van der Waals surface area contributed by atoms with Gasteiger partial charge in [0.1, 0.15) is 5.75 Å². The van der Waals surface area contributed by atoms with Crippen LogP contribution in [0, 0.1) is 5.92 Å². The molecule has 2 aliphatic heterocycles. The molecular weight excluding hydrogens is 406 g/mol. The quantitative estimate of drug-likeness (QED) is 0.619. The van der Waals surface area contributed by atoms with Gasteiger partial charge >= 0.3 is 0 Å². The molecule has 0 aliphatic carbocycles. The fourth-order valence-electron chi connectivity index (χ4n) is 3.82. The van der Waals surface area contributed by atoms with Crippen LogP contribution < -0.4 is 10.1 Å². The Morgan fingerprint density at radius 2 is 1.90 bits per heavy atom. The van der Waals surface area contributed by atoms with Crippen LogP contribution in [-0.2, 0) is 14.8 Å². The van der Waals surface area contributed by atoms with E-state index >= 15 is 0 Å². The fourth-order valence-corrected chi connectivity index (χ4v) is 5.32. The molecule has 2 heterocycles. The minimum atomic E-state index is -3.63. The van der Waals surface area contributed by atoms with Gasteiger partial charge in [0.2, 0.25) is 10.0 Å². The van der Waals surface area contributed by atoms with E-state index in [1.165, 1.54) is 23.5 Å². The zero-order valence-corrected chi connectivity index (χ0v) is 18.7. The maximum Gasteiger partial charge on any atom is 0.255 e. The first kappa shape index (κ1) is 23.0. The van der Waals surface area contributed by atoms with Crippen molar-refractivity contribution < 1.29 is 22.7 Å². The predicted molar refractivity (Wildman–Crippen MR) is 114 cm³/mol. The second-order valence-corrected chi connectivity index (χ2v) is 9.95. The van der Waals surface area contributed by atoms with E-state index in [0.29, 0.717) is 31.3 Å². The number of nitrogens with one attached hydrogen (secondary N) is 1. The number of hydrogen-bond donors (Lipinski definition) is 1. The molecule has 2 fully saturated rings. The van der Waals surface area contributed by atoms with Crippen LogP contribution in [0.2, 0.25) is 0 Å². The van der Waals surface area contributed by atoms with Gasteiger partial charge in [0.25, 0.3) is 5.91 Å². The van der Waals surface area contributed by atoms with Crippen LogP contribution in [0.1, 0.15) is 36.5 Å². The van der Waals surface area contributed by atoms with Crippen molar-refractivity contribution >= 4 is 15.9 Å². The zero-order chi connectivity index (χ0) is 21.6. The number of sulfonamides is 1. The number of amides is 1. The molecule has 2 aliphatic rings. The van der Waals surface area contributed by atoms with E-state index in [4.69, 9.17) is 9.47 Å². The topological polar surface area (TPSA) is 88.2 Å². The summed E-state index contributed by atoms with van der Waals surface area (Å²) in [5.74, 6) is 0.580. The number of piperidine rings is 1. The van der Waals surface area contributed by atoms with E-state index in [2.05, 4.69) is 17.1 Å². The Labute approximate surface area is 179 Å². The van der Waals surface area contributed by atoms with Crippen LogP contribution in [-0.4, -0.2) is 83.1 Å². The number of carbonyl (C=O) groups is 1. The van der Waals surface area contributed by atoms with Crippen molar-refractivity contribution in [3.63, 3.8) is 0 Å². The van der Waals surface area contributed by atoms with Crippen molar-refractivity contribution in [3.8, 4) is 5.75 Å². The molecule has 1 aromatic rings. The molecule has 0 aromatic heterocycles. The zero-order valence-electron chi connectivity index (χ0n) is 17.9. The van der Waals surface area contributed by atoms with Crippen molar-refractivity contribution in [1.29, 1.82) is 0 Å². The van der Waals surface area contributed by atoms with Gasteiger partial charge in [-0.25, -0.2) is 8.42 Å². The molecule has 30 heavy (non-hydrogen) atoms. The maximum absolute atomic E-state index is 13.0. The Bertz CT molecular complexity index is 816. The largest absolute Gasteiger partial charge is 0.496 e. The summed E-state index contributed by atoms with van der Waals surface area (Å²) in [4.78, 5) is 15.2. The van der Waals surface area contributed by atoms with Gasteiger partial charge in [-0.15, -0.1) is 0 Å². The number of carbonyl (C=O) groups excluding carboxylic acids is 1. The number of morpholine rings is 1. The molecule has 168 valence electrons. The van der Waals surface area contributed by atoms with Gasteiger partial charge in [-0.1, -0.05) is 6.92 Å². The molecule has 1 amide bonds. The normalized spacial score (nSPS) is 19.5. The second-order valence-electron chi connectivity index (χ2n) is 8.01. The molecular formula is C21H33N3O5S. The average Bonchev–Trinajstić information content (AvgIpc) is 2.77. The van der Waals surface area contributed by atoms with Crippen LogP contribution in [0.5, 0.6) is 5.75 Å². The van der Waals surface area contributed by atoms with E-state index in [1.807, 2.05) is 0 Å². The maximum atomic E-state index is 13.0. The molecule has 0 bridgehead atoms. The van der Waals surface area contributed by atoms with Crippen molar-refractivity contribution in [2.45, 2.75) is 31.1 Å². The van der Waals surface area contributed by atoms with Gasteiger partial charge in [0, 0.05) is 32.7 Å². The summed E-state index contributed by atoms with van der Waals surface area (Å²) in [5, 5.41) is 2.89. The van der Waals surface area contributed by atoms with Gasteiger partial charge in [-0.2, -0.15) is 4.31 Å². The lowest BCUT2D eigenvalue weighted by molar-refractivity contribution is 0.0374. The Kier molecular flexibility index (Phi) is 8.10. The first-order chi connectivity index (χ1) is 14.4. The van der Waals surface area contributed by atoms with Crippen LogP contribution >= 0.6 is 0 Å². The summed E-state index contributed by atoms with van der Waals surface area (Å²) in [5.41, 5.74) is 0.246. The highest BCUT2D eigenvalue weighted by Crippen LogP contribution is 2.27. The highest BCUT2D eigenvalue weighted by molar-refractivity contribution is 7.89. The summed E-state index contributed by atoms with van der Waals surface area (Å²) >= 11 is 0. The van der Waals surface area contributed by atoms with Crippen LogP contribution in [0.25, 0.3) is 0 Å². The van der Waals surface area contributed by atoms with Crippen molar-refractivity contribution in [3.05, 3.63) is 23.8 Å². The Hall–Kier alpha value is -1.68. The Morgan fingerprint density at radius 1 is 1.20 bits per heavy atom. The van der Waals surface area contributed by atoms with Crippen molar-refractivity contribution in [1.82, 2.24) is 14.5 Å². The molecule has 0 unspecified atom stereocenters. The van der Waals surface area contributed by atoms with E-state index in [0.717, 1.165) is 52.1 Å². The Morgan fingerprint density at radius 3 is 2.57 bits per heavy atom. The highest BCUT2D eigenvalue weighted by atomic mass is 32.2. The summed E-state index contributed by atoms with van der Waals surface area (Å²) < 4.78 is 38.2. The first-order valence-electron chi connectivity index (χ1n) is 10.7. The third-order valence-corrected chi connectivity index (χ3v) is 7.73. The third kappa shape index (κ3) is 5.72. The SMILES string of the molecule is COc1ccc(S(=O)(=O)N2CCC(C)CC2)cc1C(=O)NCCCN1CCOCC1. The monoisotopic (exact) mass is 439 g/mol. The first-order valence-corrected chi connectivity index (χ1v) is 12.1. The summed E-state index contributed by atoms with van der Waals surface area (Å²) in [6, 6.07) is 4.51.